The monoisotopic (exact) mass is 419 g/mol. The summed E-state index contributed by atoms with van der Waals surface area (Å²) in [4.78, 5) is 17.2. The van der Waals surface area contributed by atoms with Crippen molar-refractivity contribution < 1.29 is 9.18 Å². The fraction of sp³-hybridized carbons (Fsp3) is 0.565. The first-order valence-corrected chi connectivity index (χ1v) is 11.2. The highest BCUT2D eigenvalue weighted by molar-refractivity contribution is 6.32. The van der Waals surface area contributed by atoms with E-state index in [1.807, 2.05) is 13.0 Å². The van der Waals surface area contributed by atoms with Crippen LogP contribution < -0.4 is 5.32 Å². The number of carbonyl (C=O) groups excluding carboxylic acids is 1. The lowest BCUT2D eigenvalue weighted by atomic mass is 9.83. The van der Waals surface area contributed by atoms with Gasteiger partial charge >= 0.3 is 0 Å². The van der Waals surface area contributed by atoms with Gasteiger partial charge in [-0.25, -0.2) is 9.37 Å². The second kappa shape index (κ2) is 9.75. The quantitative estimate of drug-likeness (QED) is 0.622. The summed E-state index contributed by atoms with van der Waals surface area (Å²) in [5.74, 6) is 1.22. The number of aryl methyl sites for hydroxylation is 2. The molecule has 1 aliphatic carbocycles. The molecule has 1 aromatic carbocycles. The van der Waals surface area contributed by atoms with E-state index in [0.29, 0.717) is 30.4 Å². The van der Waals surface area contributed by atoms with Gasteiger partial charge in [-0.1, -0.05) is 57.7 Å². The molecule has 1 N–H and O–H groups in total. The zero-order valence-electron chi connectivity index (χ0n) is 17.6. The van der Waals surface area contributed by atoms with Gasteiger partial charge in [0.2, 0.25) is 0 Å². The van der Waals surface area contributed by atoms with Crippen molar-refractivity contribution in [2.75, 3.05) is 6.54 Å². The van der Waals surface area contributed by atoms with Crippen LogP contribution in [0.4, 0.5) is 4.39 Å². The molecule has 0 bridgehead atoms. The summed E-state index contributed by atoms with van der Waals surface area (Å²) in [5.41, 5.74) is 1.45. The van der Waals surface area contributed by atoms with Crippen LogP contribution >= 0.6 is 11.6 Å². The summed E-state index contributed by atoms with van der Waals surface area (Å²) in [7, 11) is 0. The third-order valence-electron chi connectivity index (χ3n) is 5.90. The number of halogens is 2. The summed E-state index contributed by atoms with van der Waals surface area (Å²) >= 11 is 6.52. The van der Waals surface area contributed by atoms with Gasteiger partial charge in [-0.3, -0.25) is 9.36 Å². The zero-order valence-corrected chi connectivity index (χ0v) is 18.4. The van der Waals surface area contributed by atoms with Crippen molar-refractivity contribution in [1.29, 1.82) is 0 Å². The van der Waals surface area contributed by atoms with Gasteiger partial charge in [0.1, 0.15) is 16.8 Å². The fourth-order valence-corrected chi connectivity index (χ4v) is 4.42. The van der Waals surface area contributed by atoms with Crippen molar-refractivity contribution in [1.82, 2.24) is 14.9 Å². The smallest absolute Gasteiger partial charge is 0.273 e. The maximum atomic E-state index is 14.8. The van der Waals surface area contributed by atoms with Crippen molar-refractivity contribution in [2.45, 2.75) is 65.7 Å². The molecular weight excluding hydrogens is 389 g/mol. The first-order chi connectivity index (χ1) is 13.9. The van der Waals surface area contributed by atoms with Crippen molar-refractivity contribution in [3.8, 4) is 5.69 Å². The Morgan fingerprint density at radius 2 is 2.00 bits per heavy atom. The van der Waals surface area contributed by atoms with E-state index in [-0.39, 0.29) is 22.6 Å². The Hall–Kier alpha value is -1.88. The average molecular weight is 420 g/mol. The van der Waals surface area contributed by atoms with Crippen LogP contribution in [0.5, 0.6) is 0 Å². The molecule has 0 radical (unpaired) electrons. The van der Waals surface area contributed by atoms with Gasteiger partial charge in [-0.05, 0) is 48.8 Å². The molecule has 0 saturated heterocycles. The second-order valence-corrected chi connectivity index (χ2v) is 8.59. The molecule has 1 saturated carbocycles. The highest BCUT2D eigenvalue weighted by Crippen LogP contribution is 2.29. The van der Waals surface area contributed by atoms with E-state index in [1.54, 1.807) is 16.7 Å². The maximum Gasteiger partial charge on any atom is 0.273 e. The Labute approximate surface area is 177 Å². The summed E-state index contributed by atoms with van der Waals surface area (Å²) in [6, 6.07) is 5.16. The van der Waals surface area contributed by atoms with Crippen molar-refractivity contribution in [3.05, 3.63) is 46.3 Å². The van der Waals surface area contributed by atoms with Gasteiger partial charge in [0.15, 0.2) is 5.69 Å². The first-order valence-electron chi connectivity index (χ1n) is 10.8. The van der Waals surface area contributed by atoms with Gasteiger partial charge in [0.05, 0.1) is 5.69 Å². The highest BCUT2D eigenvalue weighted by Gasteiger charge is 2.24. The number of hydrogen-bond donors (Lipinski definition) is 1. The number of imidazole rings is 1. The molecule has 158 valence electrons. The summed E-state index contributed by atoms with van der Waals surface area (Å²) < 4.78 is 16.3. The molecule has 4 nitrogen and oxygen atoms in total. The van der Waals surface area contributed by atoms with E-state index in [4.69, 9.17) is 11.6 Å². The number of amides is 1. The van der Waals surface area contributed by atoms with Crippen LogP contribution in [0.3, 0.4) is 0 Å². The highest BCUT2D eigenvalue weighted by atomic mass is 35.5. The number of hydrogen-bond acceptors (Lipinski definition) is 2. The zero-order chi connectivity index (χ0) is 21.0. The average Bonchev–Trinajstić information content (AvgIpc) is 3.04. The van der Waals surface area contributed by atoms with Gasteiger partial charge < -0.3 is 5.32 Å². The van der Waals surface area contributed by atoms with Crippen molar-refractivity contribution in [2.24, 2.45) is 11.8 Å². The third kappa shape index (κ3) is 5.00. The Balaban J connectivity index is 1.80. The first kappa shape index (κ1) is 21.8. The number of rotatable bonds is 7. The van der Waals surface area contributed by atoms with Crippen LogP contribution in [-0.4, -0.2) is 22.0 Å². The maximum absolute atomic E-state index is 14.8. The molecule has 1 aliphatic rings. The van der Waals surface area contributed by atoms with Crippen LogP contribution in [0.1, 0.15) is 74.8 Å². The number of nitrogens with one attached hydrogen (secondary N) is 1. The normalized spacial score (nSPS) is 19.3. The number of carbonyl (C=O) groups is 1. The van der Waals surface area contributed by atoms with Gasteiger partial charge in [0, 0.05) is 13.0 Å². The molecule has 6 heteroatoms. The van der Waals surface area contributed by atoms with Gasteiger partial charge in [-0.2, -0.15) is 0 Å². The fourth-order valence-electron chi connectivity index (χ4n) is 4.10. The van der Waals surface area contributed by atoms with E-state index >= 15 is 0 Å². The van der Waals surface area contributed by atoms with E-state index < -0.39 is 0 Å². The Morgan fingerprint density at radius 3 is 2.62 bits per heavy atom. The molecule has 2 aromatic rings. The number of aromatic nitrogens is 2. The molecular formula is C23H31ClFN3O. The Kier molecular flexibility index (Phi) is 7.33. The molecule has 3 rings (SSSR count). The summed E-state index contributed by atoms with van der Waals surface area (Å²) in [6.45, 7) is 6.90. The number of benzene rings is 1. The Morgan fingerprint density at radius 1 is 1.28 bits per heavy atom. The lowest BCUT2D eigenvalue weighted by Crippen LogP contribution is -2.31. The van der Waals surface area contributed by atoms with E-state index in [9.17, 15) is 9.18 Å². The SMILES string of the molecule is CCCc1ccc(-n2c(CC)nc(C(=O)NCC3CCC(C)CC3)c2Cl)c(F)c1. The number of nitrogens with zero attached hydrogens (tertiary/aromatic N) is 2. The summed E-state index contributed by atoms with van der Waals surface area (Å²) in [6.07, 6.45) is 7.02. The molecule has 1 aromatic heterocycles. The van der Waals surface area contributed by atoms with Crippen LogP contribution in [0.15, 0.2) is 18.2 Å². The molecule has 0 aliphatic heterocycles. The largest absolute Gasteiger partial charge is 0.350 e. The van der Waals surface area contributed by atoms with Crippen LogP contribution in [0.25, 0.3) is 5.69 Å². The molecule has 1 fully saturated rings. The minimum Gasteiger partial charge on any atom is -0.350 e. The van der Waals surface area contributed by atoms with E-state index in [1.165, 1.54) is 12.8 Å². The van der Waals surface area contributed by atoms with Crippen LogP contribution in [0.2, 0.25) is 5.15 Å². The molecule has 0 atom stereocenters. The van der Waals surface area contributed by atoms with Crippen molar-refractivity contribution >= 4 is 17.5 Å². The third-order valence-corrected chi connectivity index (χ3v) is 6.25. The lowest BCUT2D eigenvalue weighted by Gasteiger charge is -2.26. The van der Waals surface area contributed by atoms with E-state index in [2.05, 4.69) is 24.1 Å². The van der Waals surface area contributed by atoms with Crippen LogP contribution in [0, 0.1) is 17.7 Å². The topological polar surface area (TPSA) is 46.9 Å². The summed E-state index contributed by atoms with van der Waals surface area (Å²) in [5, 5.41) is 3.15. The minimum atomic E-state index is -0.353. The van der Waals surface area contributed by atoms with Crippen LogP contribution in [-0.2, 0) is 12.8 Å². The van der Waals surface area contributed by atoms with Gasteiger partial charge in [-0.15, -0.1) is 0 Å². The van der Waals surface area contributed by atoms with Gasteiger partial charge in [0.25, 0.3) is 5.91 Å². The van der Waals surface area contributed by atoms with E-state index in [0.717, 1.165) is 37.2 Å². The molecule has 1 heterocycles. The predicted octanol–water partition coefficient (Wildman–Crippen LogP) is 5.74. The predicted molar refractivity (Wildman–Crippen MR) is 115 cm³/mol. The molecule has 0 unspecified atom stereocenters. The molecule has 1 amide bonds. The second-order valence-electron chi connectivity index (χ2n) is 8.23. The standard InChI is InChI=1S/C23H31ClFN3O/c1-4-6-16-11-12-19(18(25)13-16)28-20(5-2)27-21(22(28)24)23(29)26-14-17-9-7-15(3)8-10-17/h11-13,15,17H,4-10,14H2,1-3H3,(H,26,29). The minimum absolute atomic E-state index is 0.166. The van der Waals surface area contributed by atoms with Crippen molar-refractivity contribution in [3.63, 3.8) is 0 Å². The lowest BCUT2D eigenvalue weighted by molar-refractivity contribution is 0.0937. The Bertz CT molecular complexity index is 856. The molecule has 29 heavy (non-hydrogen) atoms. The molecule has 0 spiro atoms.